The average molecular weight is 218 g/mol. The van der Waals surface area contributed by atoms with Crippen LogP contribution in [0.2, 0.25) is 0 Å². The van der Waals surface area contributed by atoms with E-state index in [-0.39, 0.29) is 80.5 Å². The van der Waals surface area contributed by atoms with Crippen LogP contribution in [0.4, 0.5) is 0 Å². The van der Waals surface area contributed by atoms with Gasteiger partial charge in [-0.1, -0.05) is 0 Å². The van der Waals surface area contributed by atoms with Crippen LogP contribution in [0.3, 0.4) is 0 Å². The predicted octanol–water partition coefficient (Wildman–Crippen LogP) is -0.867. The van der Waals surface area contributed by atoms with E-state index >= 15 is 0 Å². The Balaban J connectivity index is -0.000000153. The summed E-state index contributed by atoms with van der Waals surface area (Å²) in [5, 5.41) is 0. The summed E-state index contributed by atoms with van der Waals surface area (Å²) >= 11 is 0.125. The normalized spacial score (nSPS) is 17.0. The van der Waals surface area contributed by atoms with E-state index in [2.05, 4.69) is 18.9 Å². The molecule has 0 radical (unpaired) electrons. The second-order valence-electron chi connectivity index (χ2n) is 1.57. The topological polar surface area (TPSA) is 99.9 Å². The molecule has 0 spiro atoms. The van der Waals surface area contributed by atoms with Crippen molar-refractivity contribution < 1.29 is 27.3 Å². The molecule has 0 bridgehead atoms. The van der Waals surface area contributed by atoms with Gasteiger partial charge in [0.05, 0.1) is 0 Å². The number of hydrogen-bond acceptors (Lipinski definition) is 5. The van der Waals surface area contributed by atoms with E-state index in [1.54, 1.807) is 6.92 Å². The van der Waals surface area contributed by atoms with Gasteiger partial charge in [0.25, 0.3) is 0 Å². The van der Waals surface area contributed by atoms with Crippen molar-refractivity contribution in [2.75, 3.05) is 0 Å². The molecule has 0 amide bonds. The van der Waals surface area contributed by atoms with Gasteiger partial charge in [-0.15, -0.1) is 0 Å². The van der Waals surface area contributed by atoms with Crippen molar-refractivity contribution in [1.29, 1.82) is 0 Å². The fourth-order valence-electron chi connectivity index (χ4n) is 0.303. The zero-order chi connectivity index (χ0) is 6.91. The van der Waals surface area contributed by atoms with E-state index in [9.17, 15) is 0 Å². The van der Waals surface area contributed by atoms with Gasteiger partial charge < -0.3 is 16.1 Å². The van der Waals surface area contributed by atoms with Crippen LogP contribution >= 0.6 is 0 Å². The summed E-state index contributed by atoms with van der Waals surface area (Å²) in [6, 6.07) is 0. The predicted molar refractivity (Wildman–Crippen MR) is 33.0 cm³/mol. The van der Waals surface area contributed by atoms with Gasteiger partial charge in [-0.2, -0.15) is 0 Å². The molecule has 6 nitrogen and oxygen atoms in total. The van der Waals surface area contributed by atoms with E-state index in [1.165, 1.54) is 0 Å². The summed E-state index contributed by atoms with van der Waals surface area (Å²) in [6.07, 6.45) is 0. The quantitative estimate of drug-likeness (QED) is 0.264. The van der Waals surface area contributed by atoms with E-state index in [0.29, 0.717) is 5.96 Å². The molecule has 58 valence electrons. The standard InChI is InChI=1S/C3H3O4.2Ca.H2O.O.H/c1-3(6-7-3)2-4-5-2;;;;;/h1H3;;;1H2;;/q-1;;+2;;;-1. The van der Waals surface area contributed by atoms with Gasteiger partial charge in [-0.25, -0.2) is 9.78 Å². The molecule has 1 aromatic heterocycles. The third-order valence-electron chi connectivity index (χ3n) is 0.871. The van der Waals surface area contributed by atoms with Gasteiger partial charge in [0.1, 0.15) is 5.96 Å². The molecule has 2 N–H and O–H groups in total. The molecule has 1 saturated heterocycles. The van der Waals surface area contributed by atoms with E-state index in [4.69, 9.17) is 1.43 Å². The van der Waals surface area contributed by atoms with E-state index < -0.39 is 5.79 Å². The van der Waals surface area contributed by atoms with E-state index in [1.807, 2.05) is 0 Å². The Morgan fingerprint density at radius 1 is 1.36 bits per heavy atom. The van der Waals surface area contributed by atoms with Crippen molar-refractivity contribution in [3.8, 4) is 0 Å². The molecular formula is C3H6Ca2O6. The molecule has 8 heteroatoms. The number of rotatable bonds is 1. The fourth-order valence-corrected chi connectivity index (χ4v) is 0.303. The van der Waals surface area contributed by atoms with Crippen LogP contribution in [-0.2, 0) is 17.0 Å². The number of hydrogen-bond donors (Lipinski definition) is 0. The molecule has 2 heterocycles. The molecule has 1 aliphatic rings. The zero-order valence-electron chi connectivity index (χ0n) is 6.96. The van der Waals surface area contributed by atoms with Crippen molar-refractivity contribution in [2.45, 2.75) is 12.7 Å². The van der Waals surface area contributed by atoms with Gasteiger partial charge >= 0.3 is 75.1 Å². The summed E-state index contributed by atoms with van der Waals surface area (Å²) in [5.74, 6) is -0.257. The van der Waals surface area contributed by atoms with Crippen molar-refractivity contribution >= 4 is 73.6 Å². The molecule has 0 unspecified atom stereocenters. The summed E-state index contributed by atoms with van der Waals surface area (Å²) < 4.78 is 17.0. The summed E-state index contributed by atoms with van der Waals surface area (Å²) in [4.78, 5) is 8.87. The molecule has 0 atom stereocenters. The van der Waals surface area contributed by atoms with Gasteiger partial charge in [-0.05, 0) is 6.92 Å². The second-order valence-corrected chi connectivity index (χ2v) is 1.57. The first-order chi connectivity index (χ1) is 4.31. The second kappa shape index (κ2) is 6.17. The van der Waals surface area contributed by atoms with Crippen LogP contribution in [0.25, 0.3) is 0 Å². The van der Waals surface area contributed by atoms with Crippen molar-refractivity contribution in [3.05, 3.63) is 5.96 Å². The van der Waals surface area contributed by atoms with Crippen LogP contribution in [0, 0.1) is 0 Å². The summed E-state index contributed by atoms with van der Waals surface area (Å²) in [7, 11) is 0. The first kappa shape index (κ1) is 15.2. The Bertz CT molecular complexity index is 170. The average Bonchev–Trinajstić information content (AvgIpc) is 2.59. The molecule has 0 saturated carbocycles. The Hall–Kier alpha value is 1.67. The SMILES string of the molecule is CC1([c-]2oo2)OO1.O.[Ca+2].[H-].[O]=[Ca]. The van der Waals surface area contributed by atoms with Crippen LogP contribution in [0.15, 0.2) is 9.15 Å². The fraction of sp³-hybridized carbons (Fsp3) is 0.667. The molecule has 1 aliphatic heterocycles. The van der Waals surface area contributed by atoms with Gasteiger partial charge in [0.15, 0.2) is 0 Å². The van der Waals surface area contributed by atoms with Gasteiger partial charge in [0.2, 0.25) is 5.79 Å². The van der Waals surface area contributed by atoms with Crippen LogP contribution in [-0.4, -0.2) is 79.1 Å². The van der Waals surface area contributed by atoms with Crippen LogP contribution < -0.4 is 0 Å². The molecule has 1 aromatic rings. The maximum absolute atomic E-state index is 8.38. The summed E-state index contributed by atoms with van der Waals surface area (Å²) in [6.45, 7) is 1.70. The van der Waals surface area contributed by atoms with Crippen molar-refractivity contribution in [3.63, 3.8) is 0 Å². The third-order valence-corrected chi connectivity index (χ3v) is 0.871. The Kier molecular flexibility index (Phi) is 8.51. The molecule has 2 rings (SSSR count). The minimum atomic E-state index is -0.667. The van der Waals surface area contributed by atoms with Crippen molar-refractivity contribution in [2.24, 2.45) is 0 Å². The first-order valence-corrected chi connectivity index (χ1v) is 3.09. The maximum atomic E-state index is 8.38. The van der Waals surface area contributed by atoms with Crippen molar-refractivity contribution in [1.82, 2.24) is 0 Å². The Labute approximate surface area is 118 Å². The monoisotopic (exact) mass is 218 g/mol. The van der Waals surface area contributed by atoms with Gasteiger partial charge in [0, 0.05) is 0 Å². The molecule has 11 heavy (non-hydrogen) atoms. The summed E-state index contributed by atoms with van der Waals surface area (Å²) in [5.41, 5.74) is 0. The third kappa shape index (κ3) is 4.44. The van der Waals surface area contributed by atoms with Gasteiger partial charge in [-0.3, -0.25) is 0 Å². The zero-order valence-corrected chi connectivity index (χ0v) is 10.4. The Morgan fingerprint density at radius 3 is 1.82 bits per heavy atom. The van der Waals surface area contributed by atoms with Crippen LogP contribution in [0.5, 0.6) is 0 Å². The molecular weight excluding hydrogens is 212 g/mol. The minimum absolute atomic E-state index is 0. The van der Waals surface area contributed by atoms with Crippen LogP contribution in [0.1, 0.15) is 14.3 Å². The molecule has 1 fully saturated rings. The molecule has 0 aliphatic carbocycles. The Morgan fingerprint density at radius 2 is 1.73 bits per heavy atom. The molecule has 0 aromatic carbocycles. The first-order valence-electron chi connectivity index (χ1n) is 2.19. The van der Waals surface area contributed by atoms with E-state index in [0.717, 1.165) is 0 Å².